The zero-order chi connectivity index (χ0) is 20.3. The van der Waals surface area contributed by atoms with Crippen LogP contribution in [0.15, 0.2) is 36.5 Å². The fraction of sp³-hybridized carbons (Fsp3) is 0.400. The van der Waals surface area contributed by atoms with E-state index in [1.54, 1.807) is 9.80 Å². The van der Waals surface area contributed by atoms with Gasteiger partial charge in [0.2, 0.25) is 11.9 Å². The Morgan fingerprint density at radius 3 is 2.54 bits per heavy atom. The van der Waals surface area contributed by atoms with Crippen LogP contribution < -0.4 is 11.5 Å². The van der Waals surface area contributed by atoms with Crippen LogP contribution in [-0.4, -0.2) is 63.3 Å². The third-order valence-electron chi connectivity index (χ3n) is 5.04. The first-order chi connectivity index (χ1) is 13.5. The van der Waals surface area contributed by atoms with Gasteiger partial charge >= 0.3 is 0 Å². The highest BCUT2D eigenvalue weighted by Crippen LogP contribution is 2.27. The summed E-state index contributed by atoms with van der Waals surface area (Å²) in [5.41, 5.74) is 13.4. The molecule has 4 N–H and O–H groups in total. The van der Waals surface area contributed by atoms with E-state index in [1.807, 2.05) is 44.2 Å². The normalized spacial score (nSPS) is 18.9. The average molecular weight is 382 g/mol. The lowest BCUT2D eigenvalue weighted by Crippen LogP contribution is -2.47. The van der Waals surface area contributed by atoms with Crippen molar-refractivity contribution in [3.05, 3.63) is 42.1 Å². The molecule has 8 nitrogen and oxygen atoms in total. The molecule has 0 aliphatic carbocycles. The summed E-state index contributed by atoms with van der Waals surface area (Å²) in [7, 11) is 0. The Morgan fingerprint density at radius 2 is 1.89 bits per heavy atom. The van der Waals surface area contributed by atoms with Crippen molar-refractivity contribution in [3.8, 4) is 11.3 Å². The Labute approximate surface area is 164 Å². The highest BCUT2D eigenvalue weighted by Gasteiger charge is 2.40. The molecule has 2 aromatic rings. The van der Waals surface area contributed by atoms with Crippen LogP contribution in [0.2, 0.25) is 0 Å². The summed E-state index contributed by atoms with van der Waals surface area (Å²) in [4.78, 5) is 37.9. The van der Waals surface area contributed by atoms with Gasteiger partial charge in [-0.3, -0.25) is 9.59 Å². The Kier molecular flexibility index (Phi) is 5.89. The maximum Gasteiger partial charge on any atom is 0.258 e. The van der Waals surface area contributed by atoms with E-state index < -0.39 is 6.04 Å². The van der Waals surface area contributed by atoms with Crippen LogP contribution in [0.3, 0.4) is 0 Å². The van der Waals surface area contributed by atoms with Gasteiger partial charge in [-0.15, -0.1) is 0 Å². The topological polar surface area (TPSA) is 118 Å². The first-order valence-corrected chi connectivity index (χ1v) is 9.49. The molecule has 0 radical (unpaired) electrons. The highest BCUT2D eigenvalue weighted by molar-refractivity contribution is 6.02. The van der Waals surface area contributed by atoms with Crippen LogP contribution in [-0.2, 0) is 4.79 Å². The number of carbonyl (C=O) groups is 2. The molecule has 1 aliphatic rings. The van der Waals surface area contributed by atoms with E-state index in [1.165, 1.54) is 6.20 Å². The average Bonchev–Trinajstić information content (AvgIpc) is 3.10. The summed E-state index contributed by atoms with van der Waals surface area (Å²) in [5, 5.41) is 0. The molecule has 1 fully saturated rings. The lowest BCUT2D eigenvalue weighted by molar-refractivity contribution is -0.134. The van der Waals surface area contributed by atoms with Crippen molar-refractivity contribution in [1.29, 1.82) is 0 Å². The second-order valence-corrected chi connectivity index (χ2v) is 6.84. The maximum absolute atomic E-state index is 13.4. The van der Waals surface area contributed by atoms with Crippen molar-refractivity contribution in [2.24, 2.45) is 5.73 Å². The second-order valence-electron chi connectivity index (χ2n) is 6.84. The van der Waals surface area contributed by atoms with E-state index in [9.17, 15) is 9.59 Å². The third-order valence-corrected chi connectivity index (χ3v) is 5.04. The standard InChI is InChI=1S/C20H26N6O2/c1-3-25(4-2)19(28)16-10-14(21)12-26(16)18(27)15-11-23-20(22)24-17(15)13-8-6-5-7-9-13/h5-9,11,14,16H,3-4,10,12,21H2,1-2H3,(H2,22,23,24)/t14-,16-/m0/s1. The number of aromatic nitrogens is 2. The van der Waals surface area contributed by atoms with E-state index in [0.717, 1.165) is 5.56 Å². The van der Waals surface area contributed by atoms with Crippen LogP contribution in [0.4, 0.5) is 5.95 Å². The molecule has 0 saturated carbocycles. The van der Waals surface area contributed by atoms with Crippen LogP contribution in [0, 0.1) is 0 Å². The van der Waals surface area contributed by atoms with Crippen molar-refractivity contribution in [2.75, 3.05) is 25.4 Å². The monoisotopic (exact) mass is 382 g/mol. The van der Waals surface area contributed by atoms with Gasteiger partial charge in [0.25, 0.3) is 5.91 Å². The molecule has 1 saturated heterocycles. The lowest BCUT2D eigenvalue weighted by Gasteiger charge is -2.29. The molecule has 0 spiro atoms. The quantitative estimate of drug-likeness (QED) is 0.800. The lowest BCUT2D eigenvalue weighted by atomic mass is 10.1. The summed E-state index contributed by atoms with van der Waals surface area (Å²) in [6, 6.07) is 8.49. The van der Waals surface area contributed by atoms with Gasteiger partial charge in [0.1, 0.15) is 6.04 Å². The number of hydrogen-bond acceptors (Lipinski definition) is 6. The molecule has 2 amide bonds. The number of carbonyl (C=O) groups excluding carboxylic acids is 2. The summed E-state index contributed by atoms with van der Waals surface area (Å²) >= 11 is 0. The van der Waals surface area contributed by atoms with Crippen molar-refractivity contribution in [3.63, 3.8) is 0 Å². The number of anilines is 1. The van der Waals surface area contributed by atoms with Crippen LogP contribution >= 0.6 is 0 Å². The van der Waals surface area contributed by atoms with E-state index in [0.29, 0.717) is 37.3 Å². The number of rotatable bonds is 5. The molecule has 148 valence electrons. The minimum Gasteiger partial charge on any atom is -0.368 e. The van der Waals surface area contributed by atoms with Gasteiger partial charge in [0, 0.05) is 37.4 Å². The van der Waals surface area contributed by atoms with Crippen LogP contribution in [0.1, 0.15) is 30.6 Å². The first-order valence-electron chi connectivity index (χ1n) is 9.49. The van der Waals surface area contributed by atoms with Gasteiger partial charge in [0.05, 0.1) is 11.3 Å². The summed E-state index contributed by atoms with van der Waals surface area (Å²) in [6.07, 6.45) is 1.87. The number of amides is 2. The van der Waals surface area contributed by atoms with E-state index >= 15 is 0 Å². The largest absolute Gasteiger partial charge is 0.368 e. The van der Waals surface area contributed by atoms with Crippen molar-refractivity contribution < 1.29 is 9.59 Å². The van der Waals surface area contributed by atoms with Crippen molar-refractivity contribution in [1.82, 2.24) is 19.8 Å². The fourth-order valence-electron chi connectivity index (χ4n) is 3.60. The van der Waals surface area contributed by atoms with Crippen LogP contribution in [0.5, 0.6) is 0 Å². The minimum atomic E-state index is -0.580. The molecular formula is C20H26N6O2. The zero-order valence-corrected chi connectivity index (χ0v) is 16.2. The molecule has 28 heavy (non-hydrogen) atoms. The molecule has 2 atom stereocenters. The third kappa shape index (κ3) is 3.82. The van der Waals surface area contributed by atoms with E-state index in [-0.39, 0.29) is 23.8 Å². The maximum atomic E-state index is 13.4. The SMILES string of the molecule is CCN(CC)C(=O)[C@@H]1C[C@H](N)CN1C(=O)c1cnc(N)nc1-c1ccccc1. The summed E-state index contributed by atoms with van der Waals surface area (Å²) in [6.45, 7) is 5.33. The molecular weight excluding hydrogens is 356 g/mol. The van der Waals surface area contributed by atoms with Crippen molar-refractivity contribution >= 4 is 17.8 Å². The van der Waals surface area contributed by atoms with Gasteiger partial charge in [-0.25, -0.2) is 9.97 Å². The molecule has 8 heteroatoms. The Balaban J connectivity index is 1.98. The van der Waals surface area contributed by atoms with E-state index in [4.69, 9.17) is 11.5 Å². The smallest absolute Gasteiger partial charge is 0.258 e. The molecule has 1 aliphatic heterocycles. The first kappa shape index (κ1) is 19.8. The Morgan fingerprint density at radius 1 is 1.21 bits per heavy atom. The number of likely N-dealkylation sites (tertiary alicyclic amines) is 1. The Hall–Kier alpha value is -3.00. The predicted octanol–water partition coefficient (Wildman–Crippen LogP) is 1.14. The van der Waals surface area contributed by atoms with Gasteiger partial charge < -0.3 is 21.3 Å². The van der Waals surface area contributed by atoms with Gasteiger partial charge in [0.15, 0.2) is 0 Å². The van der Waals surface area contributed by atoms with Crippen molar-refractivity contribution in [2.45, 2.75) is 32.4 Å². The number of nitrogens with zero attached hydrogens (tertiary/aromatic N) is 4. The fourth-order valence-corrected chi connectivity index (χ4v) is 3.60. The molecule has 0 unspecified atom stereocenters. The van der Waals surface area contributed by atoms with Crippen LogP contribution in [0.25, 0.3) is 11.3 Å². The zero-order valence-electron chi connectivity index (χ0n) is 16.2. The minimum absolute atomic E-state index is 0.0797. The van der Waals surface area contributed by atoms with Gasteiger partial charge in [-0.1, -0.05) is 30.3 Å². The molecule has 0 bridgehead atoms. The molecule has 2 heterocycles. The molecule has 3 rings (SSSR count). The number of likely N-dealkylation sites (N-methyl/N-ethyl adjacent to an activating group) is 1. The number of hydrogen-bond donors (Lipinski definition) is 2. The predicted molar refractivity (Wildman–Crippen MR) is 107 cm³/mol. The number of nitrogens with two attached hydrogens (primary N) is 2. The van der Waals surface area contributed by atoms with Gasteiger partial charge in [-0.05, 0) is 20.3 Å². The summed E-state index contributed by atoms with van der Waals surface area (Å²) in [5.74, 6) is -0.300. The molecule has 1 aromatic carbocycles. The second kappa shape index (κ2) is 8.35. The highest BCUT2D eigenvalue weighted by atomic mass is 16.2. The molecule has 1 aromatic heterocycles. The van der Waals surface area contributed by atoms with Gasteiger partial charge in [-0.2, -0.15) is 0 Å². The number of benzene rings is 1. The Bertz CT molecular complexity index is 853. The number of nitrogen functional groups attached to an aromatic ring is 1. The summed E-state index contributed by atoms with van der Waals surface area (Å²) < 4.78 is 0. The van der Waals surface area contributed by atoms with E-state index in [2.05, 4.69) is 9.97 Å².